The normalized spacial score (nSPS) is 12.9. The molecule has 0 spiro atoms. The van der Waals surface area contributed by atoms with Gasteiger partial charge >= 0.3 is 0 Å². The quantitative estimate of drug-likeness (QED) is 0.907. The van der Waals surface area contributed by atoms with Crippen LogP contribution in [-0.4, -0.2) is 16.8 Å². The van der Waals surface area contributed by atoms with Gasteiger partial charge in [-0.3, -0.25) is 4.68 Å². The summed E-state index contributed by atoms with van der Waals surface area (Å²) in [5.41, 5.74) is 1.24. The van der Waals surface area contributed by atoms with Crippen molar-refractivity contribution in [3.05, 3.63) is 52.3 Å². The highest BCUT2D eigenvalue weighted by Crippen LogP contribution is 2.28. The second kappa shape index (κ2) is 6.54. The maximum absolute atomic E-state index is 13.8. The zero-order valence-corrected chi connectivity index (χ0v) is 13.0. The molecule has 2 aromatic rings. The average molecular weight is 314 g/mol. The Kier molecular flexibility index (Phi) is 4.96. The van der Waals surface area contributed by atoms with Crippen LogP contribution in [0.1, 0.15) is 37.2 Å². The molecular weight excluding hydrogens is 296 g/mol. The molecule has 21 heavy (non-hydrogen) atoms. The summed E-state index contributed by atoms with van der Waals surface area (Å²) in [6.07, 6.45) is 1.95. The fourth-order valence-corrected chi connectivity index (χ4v) is 2.59. The summed E-state index contributed by atoms with van der Waals surface area (Å²) in [5, 5.41) is 7.91. The van der Waals surface area contributed by atoms with E-state index in [1.165, 1.54) is 12.1 Å². The first-order valence-electron chi connectivity index (χ1n) is 6.78. The van der Waals surface area contributed by atoms with Crippen molar-refractivity contribution in [1.29, 1.82) is 0 Å². The Bertz CT molecular complexity index is 625. The van der Waals surface area contributed by atoms with Crippen molar-refractivity contribution in [2.75, 3.05) is 7.05 Å². The standard InChI is InChI=1S/C15H18ClF2N3/c1-9(2)21-15(12(16)8-20-21)14(19-3)6-10-4-5-11(17)7-13(10)18/h4-5,7-9,14,19H,6H2,1-3H3. The molecule has 0 saturated carbocycles. The fourth-order valence-electron chi connectivity index (χ4n) is 2.33. The van der Waals surface area contributed by atoms with Crippen LogP contribution in [0.15, 0.2) is 24.4 Å². The van der Waals surface area contributed by atoms with Crippen molar-refractivity contribution in [1.82, 2.24) is 15.1 Å². The smallest absolute Gasteiger partial charge is 0.129 e. The molecule has 3 nitrogen and oxygen atoms in total. The SMILES string of the molecule is CNC(Cc1ccc(F)cc1F)c1c(Cl)cnn1C(C)C. The number of hydrogen-bond donors (Lipinski definition) is 1. The Morgan fingerprint density at radius 1 is 1.33 bits per heavy atom. The molecule has 1 atom stereocenters. The first-order valence-corrected chi connectivity index (χ1v) is 7.16. The maximum Gasteiger partial charge on any atom is 0.129 e. The highest BCUT2D eigenvalue weighted by molar-refractivity contribution is 6.31. The van der Waals surface area contributed by atoms with Gasteiger partial charge in [0.25, 0.3) is 0 Å². The Morgan fingerprint density at radius 2 is 2.05 bits per heavy atom. The number of nitrogens with zero attached hydrogens (tertiary/aromatic N) is 2. The lowest BCUT2D eigenvalue weighted by molar-refractivity contribution is 0.455. The van der Waals surface area contributed by atoms with E-state index in [1.54, 1.807) is 13.2 Å². The van der Waals surface area contributed by atoms with Crippen LogP contribution in [0, 0.1) is 11.6 Å². The zero-order chi connectivity index (χ0) is 15.6. The predicted molar refractivity (Wildman–Crippen MR) is 79.5 cm³/mol. The highest BCUT2D eigenvalue weighted by atomic mass is 35.5. The summed E-state index contributed by atoms with van der Waals surface area (Å²) >= 11 is 6.22. The summed E-state index contributed by atoms with van der Waals surface area (Å²) in [4.78, 5) is 0. The third-order valence-corrected chi connectivity index (χ3v) is 3.69. The predicted octanol–water partition coefficient (Wildman–Crippen LogP) is 3.90. The Labute approximate surface area is 127 Å². The molecule has 0 fully saturated rings. The number of likely N-dealkylation sites (N-methyl/N-ethyl adjacent to an activating group) is 1. The average Bonchev–Trinajstić information content (AvgIpc) is 2.80. The number of nitrogens with one attached hydrogen (secondary N) is 1. The minimum Gasteiger partial charge on any atom is -0.311 e. The molecule has 0 aliphatic rings. The number of halogens is 3. The van der Waals surface area contributed by atoms with Crippen LogP contribution in [0.4, 0.5) is 8.78 Å². The molecule has 1 aromatic heterocycles. The van der Waals surface area contributed by atoms with Gasteiger partial charge in [0.15, 0.2) is 0 Å². The summed E-state index contributed by atoms with van der Waals surface area (Å²) in [5.74, 6) is -1.13. The first-order chi connectivity index (χ1) is 9.93. The molecule has 0 bridgehead atoms. The van der Waals surface area contributed by atoms with E-state index >= 15 is 0 Å². The first kappa shape index (κ1) is 15.9. The van der Waals surface area contributed by atoms with Crippen LogP contribution < -0.4 is 5.32 Å². The van der Waals surface area contributed by atoms with E-state index in [9.17, 15) is 8.78 Å². The van der Waals surface area contributed by atoms with Gasteiger partial charge in [-0.1, -0.05) is 17.7 Å². The Morgan fingerprint density at radius 3 is 2.62 bits per heavy atom. The van der Waals surface area contributed by atoms with Crippen molar-refractivity contribution < 1.29 is 8.78 Å². The molecule has 0 radical (unpaired) electrons. The van der Waals surface area contributed by atoms with Crippen molar-refractivity contribution in [3.8, 4) is 0 Å². The van der Waals surface area contributed by atoms with Crippen molar-refractivity contribution in [2.24, 2.45) is 0 Å². The van der Waals surface area contributed by atoms with Crippen molar-refractivity contribution in [3.63, 3.8) is 0 Å². The molecule has 1 aromatic carbocycles. The van der Waals surface area contributed by atoms with E-state index in [0.717, 1.165) is 11.8 Å². The van der Waals surface area contributed by atoms with E-state index in [1.807, 2.05) is 18.5 Å². The van der Waals surface area contributed by atoms with E-state index < -0.39 is 11.6 Å². The minimum absolute atomic E-state index is 0.140. The lowest BCUT2D eigenvalue weighted by Crippen LogP contribution is -2.24. The van der Waals surface area contributed by atoms with Crippen LogP contribution in [-0.2, 0) is 6.42 Å². The molecule has 0 aliphatic heterocycles. The van der Waals surface area contributed by atoms with E-state index in [4.69, 9.17) is 11.6 Å². The molecule has 0 aliphatic carbocycles. The summed E-state index contributed by atoms with van der Waals surface area (Å²) < 4.78 is 28.6. The van der Waals surface area contributed by atoms with Crippen LogP contribution in [0.5, 0.6) is 0 Å². The van der Waals surface area contributed by atoms with Gasteiger partial charge in [-0.15, -0.1) is 0 Å². The summed E-state index contributed by atoms with van der Waals surface area (Å²) in [7, 11) is 1.78. The topological polar surface area (TPSA) is 29.9 Å². The van der Waals surface area contributed by atoms with E-state index in [2.05, 4.69) is 10.4 Å². The number of aromatic nitrogens is 2. The molecule has 0 amide bonds. The van der Waals surface area contributed by atoms with E-state index in [0.29, 0.717) is 17.0 Å². The monoisotopic (exact) mass is 313 g/mol. The second-order valence-electron chi connectivity index (χ2n) is 5.20. The largest absolute Gasteiger partial charge is 0.311 e. The van der Waals surface area contributed by atoms with Gasteiger partial charge in [0.1, 0.15) is 11.6 Å². The van der Waals surface area contributed by atoms with Gasteiger partial charge in [0, 0.05) is 12.1 Å². The Hall–Kier alpha value is -1.46. The Balaban J connectivity index is 2.34. The lowest BCUT2D eigenvalue weighted by Gasteiger charge is -2.21. The van der Waals surface area contributed by atoms with Gasteiger partial charge < -0.3 is 5.32 Å². The van der Waals surface area contributed by atoms with Crippen LogP contribution >= 0.6 is 11.6 Å². The minimum atomic E-state index is -0.581. The highest BCUT2D eigenvalue weighted by Gasteiger charge is 2.22. The van der Waals surface area contributed by atoms with Crippen molar-refractivity contribution in [2.45, 2.75) is 32.4 Å². The van der Waals surface area contributed by atoms with Gasteiger partial charge in [0.05, 0.1) is 23.0 Å². The molecule has 114 valence electrons. The summed E-state index contributed by atoms with van der Waals surface area (Å²) in [6.45, 7) is 4.00. The molecule has 1 heterocycles. The maximum atomic E-state index is 13.8. The third-order valence-electron chi connectivity index (χ3n) is 3.39. The molecule has 2 rings (SSSR count). The zero-order valence-electron chi connectivity index (χ0n) is 12.2. The van der Waals surface area contributed by atoms with Crippen LogP contribution in [0.25, 0.3) is 0 Å². The second-order valence-corrected chi connectivity index (χ2v) is 5.60. The van der Waals surface area contributed by atoms with Gasteiger partial charge in [-0.25, -0.2) is 8.78 Å². The molecule has 6 heteroatoms. The molecular formula is C15H18ClF2N3. The number of hydrogen-bond acceptors (Lipinski definition) is 2. The van der Waals surface area contributed by atoms with Gasteiger partial charge in [0.2, 0.25) is 0 Å². The number of benzene rings is 1. The van der Waals surface area contributed by atoms with E-state index in [-0.39, 0.29) is 12.1 Å². The fraction of sp³-hybridized carbons (Fsp3) is 0.400. The molecule has 1 unspecified atom stereocenters. The van der Waals surface area contributed by atoms with Crippen LogP contribution in [0.3, 0.4) is 0 Å². The molecule has 0 saturated heterocycles. The van der Waals surface area contributed by atoms with Gasteiger partial charge in [-0.2, -0.15) is 5.10 Å². The van der Waals surface area contributed by atoms with Crippen molar-refractivity contribution >= 4 is 11.6 Å². The van der Waals surface area contributed by atoms with Gasteiger partial charge in [-0.05, 0) is 38.9 Å². The molecule has 1 N–H and O–H groups in total. The third kappa shape index (κ3) is 3.41. The lowest BCUT2D eigenvalue weighted by atomic mass is 10.0. The summed E-state index contributed by atoms with van der Waals surface area (Å²) in [6, 6.07) is 3.54. The van der Waals surface area contributed by atoms with Crippen LogP contribution in [0.2, 0.25) is 5.02 Å². The number of rotatable bonds is 5.